The number of amides is 1. The van der Waals surface area contributed by atoms with Crippen molar-refractivity contribution in [2.24, 2.45) is 0 Å². The van der Waals surface area contributed by atoms with Gasteiger partial charge in [-0.2, -0.15) is 0 Å². The summed E-state index contributed by atoms with van der Waals surface area (Å²) in [6.45, 7) is 5.68. The van der Waals surface area contributed by atoms with E-state index in [1.165, 1.54) is 0 Å². The molecule has 0 heterocycles. The molecule has 0 radical (unpaired) electrons. The lowest BCUT2D eigenvalue weighted by Gasteiger charge is -2.18. The van der Waals surface area contributed by atoms with Crippen LogP contribution < -0.4 is 5.32 Å². The summed E-state index contributed by atoms with van der Waals surface area (Å²) in [7, 11) is 3.94. The number of alkyl halides is 1. The fourth-order valence-corrected chi connectivity index (χ4v) is 1.25. The minimum absolute atomic E-state index is 0.00464. The van der Waals surface area contributed by atoms with Gasteiger partial charge in [0.15, 0.2) is 0 Å². The molecule has 0 aromatic rings. The third kappa shape index (κ3) is 10.9. The van der Waals surface area contributed by atoms with Crippen LogP contribution >= 0.6 is 0 Å². The Balaban J connectivity index is 3.51. The van der Waals surface area contributed by atoms with Gasteiger partial charge in [0.2, 0.25) is 5.91 Å². The van der Waals surface area contributed by atoms with E-state index in [2.05, 4.69) is 5.32 Å². The van der Waals surface area contributed by atoms with Crippen LogP contribution in [0.3, 0.4) is 0 Å². The summed E-state index contributed by atoms with van der Waals surface area (Å²) in [5.41, 5.74) is 0. The first-order chi connectivity index (χ1) is 8.97. The molecular formula is C13H27FN2O3. The third-order valence-electron chi connectivity index (χ3n) is 2.62. The van der Waals surface area contributed by atoms with Gasteiger partial charge in [-0.05, 0) is 21.0 Å². The van der Waals surface area contributed by atoms with Gasteiger partial charge >= 0.3 is 0 Å². The maximum absolute atomic E-state index is 13.6. The van der Waals surface area contributed by atoms with E-state index >= 15 is 0 Å². The van der Waals surface area contributed by atoms with Crippen LogP contribution in [0.15, 0.2) is 0 Å². The number of likely N-dealkylation sites (N-methyl/N-ethyl adjacent to an activating group) is 1. The Labute approximate surface area is 115 Å². The van der Waals surface area contributed by atoms with Gasteiger partial charge in [0.05, 0.1) is 32.5 Å². The van der Waals surface area contributed by atoms with Gasteiger partial charge in [-0.15, -0.1) is 0 Å². The van der Waals surface area contributed by atoms with Gasteiger partial charge in [0.25, 0.3) is 0 Å². The van der Waals surface area contributed by atoms with E-state index in [4.69, 9.17) is 9.47 Å². The van der Waals surface area contributed by atoms with E-state index < -0.39 is 12.3 Å². The fourth-order valence-electron chi connectivity index (χ4n) is 1.25. The maximum atomic E-state index is 13.6. The summed E-state index contributed by atoms with van der Waals surface area (Å²) in [5, 5.41) is 2.51. The Morgan fingerprint density at radius 3 is 2.58 bits per heavy atom. The van der Waals surface area contributed by atoms with E-state index in [9.17, 15) is 9.18 Å². The number of hydrogen-bond acceptors (Lipinski definition) is 4. The molecule has 2 atom stereocenters. The molecule has 0 aliphatic heterocycles. The van der Waals surface area contributed by atoms with Crippen LogP contribution in [0.4, 0.5) is 4.39 Å². The lowest BCUT2D eigenvalue weighted by Crippen LogP contribution is -2.36. The molecule has 2 unspecified atom stereocenters. The summed E-state index contributed by atoms with van der Waals surface area (Å²) in [6.07, 6.45) is -1.38. The molecule has 0 bridgehead atoms. The van der Waals surface area contributed by atoms with Crippen molar-refractivity contribution >= 4 is 5.91 Å². The fraction of sp³-hybridized carbons (Fsp3) is 0.923. The number of carbonyl (C=O) groups excluding carboxylic acids is 1. The van der Waals surface area contributed by atoms with E-state index in [-0.39, 0.29) is 12.5 Å². The summed E-state index contributed by atoms with van der Waals surface area (Å²) < 4.78 is 24.2. The number of hydrogen-bond donors (Lipinski definition) is 1. The van der Waals surface area contributed by atoms with Gasteiger partial charge in [0, 0.05) is 13.0 Å². The molecule has 0 aliphatic rings. The molecular weight excluding hydrogens is 251 g/mol. The zero-order chi connectivity index (χ0) is 14.7. The molecule has 0 saturated heterocycles. The molecule has 6 heteroatoms. The van der Waals surface area contributed by atoms with Crippen molar-refractivity contribution in [3.05, 3.63) is 0 Å². The maximum Gasteiger partial charge on any atom is 0.219 e. The zero-order valence-electron chi connectivity index (χ0n) is 12.4. The van der Waals surface area contributed by atoms with Crippen molar-refractivity contribution in [1.29, 1.82) is 0 Å². The normalized spacial score (nSPS) is 14.4. The van der Waals surface area contributed by atoms with Crippen LogP contribution in [-0.4, -0.2) is 70.1 Å². The largest absolute Gasteiger partial charge is 0.378 e. The van der Waals surface area contributed by atoms with Crippen molar-refractivity contribution in [2.45, 2.75) is 32.5 Å². The van der Waals surface area contributed by atoms with Crippen molar-refractivity contribution in [2.75, 3.05) is 47.0 Å². The monoisotopic (exact) mass is 278 g/mol. The first kappa shape index (κ1) is 18.3. The Morgan fingerprint density at radius 2 is 2.00 bits per heavy atom. The van der Waals surface area contributed by atoms with Crippen LogP contribution in [0.2, 0.25) is 0 Å². The average molecular weight is 278 g/mol. The quantitative estimate of drug-likeness (QED) is 0.569. The number of ether oxygens (including phenoxy) is 2. The first-order valence-corrected chi connectivity index (χ1v) is 6.72. The molecule has 0 saturated carbocycles. The highest BCUT2D eigenvalue weighted by molar-refractivity contribution is 5.75. The van der Waals surface area contributed by atoms with Crippen molar-refractivity contribution in [1.82, 2.24) is 10.2 Å². The topological polar surface area (TPSA) is 50.8 Å². The molecule has 0 aromatic heterocycles. The number of nitrogens with zero attached hydrogens (tertiary/aromatic N) is 1. The van der Waals surface area contributed by atoms with E-state index in [1.807, 2.05) is 19.0 Å². The Kier molecular flexibility index (Phi) is 10.7. The summed E-state index contributed by atoms with van der Waals surface area (Å²) in [5.74, 6) is -0.151. The van der Waals surface area contributed by atoms with Gasteiger partial charge in [-0.25, -0.2) is 4.39 Å². The first-order valence-electron chi connectivity index (χ1n) is 6.72. The lowest BCUT2D eigenvalue weighted by molar-refractivity contribution is -0.121. The van der Waals surface area contributed by atoms with Crippen LogP contribution in [0, 0.1) is 0 Å². The second kappa shape index (κ2) is 11.1. The minimum Gasteiger partial charge on any atom is -0.378 e. The highest BCUT2D eigenvalue weighted by atomic mass is 19.1. The molecule has 5 nitrogen and oxygen atoms in total. The lowest BCUT2D eigenvalue weighted by atomic mass is 10.2. The Bertz CT molecular complexity index is 240. The number of carbonyl (C=O) groups is 1. The zero-order valence-corrected chi connectivity index (χ0v) is 12.4. The molecule has 0 fully saturated rings. The van der Waals surface area contributed by atoms with E-state index in [1.54, 1.807) is 13.8 Å². The smallest absolute Gasteiger partial charge is 0.219 e. The molecule has 0 aliphatic carbocycles. The molecule has 0 rings (SSSR count). The molecule has 1 amide bonds. The number of nitrogens with one attached hydrogen (secondary N) is 1. The minimum atomic E-state index is -1.20. The highest BCUT2D eigenvalue weighted by Gasteiger charge is 2.17. The molecule has 1 N–H and O–H groups in total. The summed E-state index contributed by atoms with van der Waals surface area (Å²) in [4.78, 5) is 13.0. The average Bonchev–Trinajstić information content (AvgIpc) is 2.38. The van der Waals surface area contributed by atoms with Gasteiger partial charge in [-0.1, -0.05) is 6.92 Å². The standard InChI is InChI=1S/C13H27FN2O3/c1-5-13(17)15-10-12(14)11(2)19-9-8-18-7-6-16(3)4/h11-12H,5-10H2,1-4H3,(H,15,17). The second-order valence-corrected chi connectivity index (χ2v) is 4.67. The molecule has 0 spiro atoms. The number of rotatable bonds is 11. The van der Waals surface area contributed by atoms with Crippen LogP contribution in [0.5, 0.6) is 0 Å². The molecule has 19 heavy (non-hydrogen) atoms. The van der Waals surface area contributed by atoms with Crippen LogP contribution in [-0.2, 0) is 14.3 Å². The molecule has 114 valence electrons. The Hall–Kier alpha value is -0.720. The third-order valence-corrected chi connectivity index (χ3v) is 2.62. The SMILES string of the molecule is CCC(=O)NCC(F)C(C)OCCOCCN(C)C. The van der Waals surface area contributed by atoms with Crippen LogP contribution in [0.25, 0.3) is 0 Å². The van der Waals surface area contributed by atoms with Gasteiger partial charge < -0.3 is 19.7 Å². The Morgan fingerprint density at radius 1 is 1.32 bits per heavy atom. The summed E-state index contributed by atoms with van der Waals surface area (Å²) in [6, 6.07) is 0. The summed E-state index contributed by atoms with van der Waals surface area (Å²) >= 11 is 0. The van der Waals surface area contributed by atoms with E-state index in [0.717, 1.165) is 6.54 Å². The van der Waals surface area contributed by atoms with Crippen molar-refractivity contribution in [3.63, 3.8) is 0 Å². The predicted octanol–water partition coefficient (Wildman–Crippen LogP) is 0.834. The second-order valence-electron chi connectivity index (χ2n) is 4.67. The van der Waals surface area contributed by atoms with Gasteiger partial charge in [-0.3, -0.25) is 4.79 Å². The predicted molar refractivity (Wildman–Crippen MR) is 73.0 cm³/mol. The van der Waals surface area contributed by atoms with Gasteiger partial charge in [0.1, 0.15) is 6.17 Å². The molecule has 0 aromatic carbocycles. The van der Waals surface area contributed by atoms with Crippen LogP contribution in [0.1, 0.15) is 20.3 Å². The van der Waals surface area contributed by atoms with Crippen molar-refractivity contribution in [3.8, 4) is 0 Å². The van der Waals surface area contributed by atoms with Crippen molar-refractivity contribution < 1.29 is 18.7 Å². The number of halogens is 1. The highest BCUT2D eigenvalue weighted by Crippen LogP contribution is 2.02. The van der Waals surface area contributed by atoms with E-state index in [0.29, 0.717) is 26.2 Å².